The minimum atomic E-state index is -4.49. The van der Waals surface area contributed by atoms with Gasteiger partial charge in [0, 0.05) is 5.92 Å². The van der Waals surface area contributed by atoms with E-state index in [4.69, 9.17) is 9.47 Å². The maximum absolute atomic E-state index is 12.8. The average Bonchev–Trinajstić information content (AvgIpc) is 3.31. The number of hydrogen-bond acceptors (Lipinski definition) is 6. The lowest BCUT2D eigenvalue weighted by atomic mass is 9.89. The van der Waals surface area contributed by atoms with Crippen LogP contribution in [0.5, 0.6) is 5.75 Å². The Kier molecular flexibility index (Phi) is 9.66. The molecular formula is C25H31F3O6S. The molecule has 1 aromatic carbocycles. The number of aliphatic hydroxyl groups is 1. The molecule has 6 atom stereocenters. The molecule has 35 heavy (non-hydrogen) atoms. The highest BCUT2D eigenvalue weighted by atomic mass is 32.2. The van der Waals surface area contributed by atoms with Gasteiger partial charge in [-0.1, -0.05) is 12.1 Å². The number of rotatable bonds is 11. The molecule has 0 bridgehead atoms. The molecule has 0 radical (unpaired) electrons. The van der Waals surface area contributed by atoms with Gasteiger partial charge in [0.15, 0.2) is 12.4 Å². The SMILES string of the molecule is CCOC(=O)C[S+]([O-])CCC1C[C@H]2C[C@H](O)[C@@H](C=CC(=O)COc3cccc(C(F)(F)F)c3)[C@@H]2C1. The van der Waals surface area contributed by atoms with E-state index in [9.17, 15) is 32.4 Å². The quantitative estimate of drug-likeness (QED) is 0.272. The summed E-state index contributed by atoms with van der Waals surface area (Å²) in [5.41, 5.74) is -0.848. The van der Waals surface area contributed by atoms with Crippen molar-refractivity contribution in [3.8, 4) is 5.75 Å². The van der Waals surface area contributed by atoms with E-state index >= 15 is 0 Å². The van der Waals surface area contributed by atoms with Crippen LogP contribution in [0.4, 0.5) is 13.2 Å². The highest BCUT2D eigenvalue weighted by Gasteiger charge is 2.46. The lowest BCUT2D eigenvalue weighted by molar-refractivity contribution is -0.140. The van der Waals surface area contributed by atoms with E-state index in [-0.39, 0.29) is 29.9 Å². The number of aliphatic hydroxyl groups excluding tert-OH is 1. The fourth-order valence-electron chi connectivity index (χ4n) is 5.17. The van der Waals surface area contributed by atoms with Gasteiger partial charge in [-0.15, -0.1) is 0 Å². The molecule has 2 saturated carbocycles. The normalized spacial score (nSPS) is 27.1. The van der Waals surface area contributed by atoms with Crippen LogP contribution in [0.3, 0.4) is 0 Å². The first-order valence-electron chi connectivity index (χ1n) is 11.8. The fraction of sp³-hybridized carbons (Fsp3) is 0.600. The maximum Gasteiger partial charge on any atom is 0.416 e. The van der Waals surface area contributed by atoms with Crippen LogP contribution in [0.1, 0.15) is 38.2 Å². The molecule has 194 valence electrons. The average molecular weight is 517 g/mol. The van der Waals surface area contributed by atoms with Gasteiger partial charge >= 0.3 is 12.1 Å². The lowest BCUT2D eigenvalue weighted by Crippen LogP contribution is -2.22. The number of ether oxygens (including phenoxy) is 2. The van der Waals surface area contributed by atoms with Crippen molar-refractivity contribution in [2.75, 3.05) is 24.7 Å². The van der Waals surface area contributed by atoms with Gasteiger partial charge < -0.3 is 19.1 Å². The predicted molar refractivity (Wildman–Crippen MR) is 124 cm³/mol. The molecule has 2 aliphatic rings. The highest BCUT2D eigenvalue weighted by Crippen LogP contribution is 2.51. The maximum atomic E-state index is 12.8. The zero-order chi connectivity index (χ0) is 25.6. The van der Waals surface area contributed by atoms with Crippen LogP contribution in [-0.4, -0.2) is 52.2 Å². The van der Waals surface area contributed by atoms with Gasteiger partial charge in [0.1, 0.15) is 11.5 Å². The number of benzene rings is 1. The van der Waals surface area contributed by atoms with Gasteiger partial charge in [-0.2, -0.15) is 13.2 Å². The van der Waals surface area contributed by atoms with Gasteiger partial charge in [-0.25, -0.2) is 4.79 Å². The molecule has 3 rings (SSSR count). The van der Waals surface area contributed by atoms with Crippen LogP contribution in [0.15, 0.2) is 36.4 Å². The number of carbonyl (C=O) groups excluding carboxylic acids is 2. The summed E-state index contributed by atoms with van der Waals surface area (Å²) in [5.74, 6) is 0.126. The molecule has 0 amide bonds. The second-order valence-corrected chi connectivity index (χ2v) is 10.7. The minimum absolute atomic E-state index is 0.0403. The molecule has 10 heteroatoms. The van der Waals surface area contributed by atoms with Crippen molar-refractivity contribution < 1.29 is 41.9 Å². The Hall–Kier alpha value is -2.04. The predicted octanol–water partition coefficient (Wildman–Crippen LogP) is 3.93. The van der Waals surface area contributed by atoms with Crippen molar-refractivity contribution in [2.45, 2.75) is 44.9 Å². The number of hydrogen-bond donors (Lipinski definition) is 1. The van der Waals surface area contributed by atoms with Gasteiger partial charge in [-0.3, -0.25) is 4.79 Å². The van der Waals surface area contributed by atoms with Crippen molar-refractivity contribution in [2.24, 2.45) is 23.7 Å². The molecule has 6 nitrogen and oxygen atoms in total. The van der Waals surface area contributed by atoms with Crippen LogP contribution in [0, 0.1) is 23.7 Å². The van der Waals surface area contributed by atoms with E-state index in [1.165, 1.54) is 18.2 Å². The molecule has 2 unspecified atom stereocenters. The third-order valence-corrected chi connectivity index (χ3v) is 7.96. The van der Waals surface area contributed by atoms with E-state index in [0.717, 1.165) is 31.4 Å². The summed E-state index contributed by atoms with van der Waals surface area (Å²) < 4.78 is 60.6. The second-order valence-electron chi connectivity index (χ2n) is 9.16. The van der Waals surface area contributed by atoms with Crippen LogP contribution in [0.2, 0.25) is 0 Å². The molecule has 1 N–H and O–H groups in total. The number of halogens is 3. The Morgan fingerprint density at radius 2 is 2.03 bits per heavy atom. The Balaban J connectivity index is 1.46. The van der Waals surface area contributed by atoms with E-state index in [1.54, 1.807) is 13.0 Å². The minimum Gasteiger partial charge on any atom is -0.616 e. The smallest absolute Gasteiger partial charge is 0.416 e. The number of ketones is 1. The standard InChI is InChI=1S/C25H31F3O6S/c1-2-33-24(31)15-35(32)9-8-16-10-17-12-23(30)21(22(17)11-16)7-6-19(29)14-34-20-5-3-4-18(13-20)25(26,27)28/h3-7,13,16-17,21-23,30H,2,8-12,14-15H2,1H3/t16?,17-,21-,22+,23-,35?/m0/s1. The molecule has 2 aliphatic carbocycles. The second kappa shape index (κ2) is 12.3. The molecule has 0 heterocycles. The molecular weight excluding hydrogens is 485 g/mol. The Labute approximate surface area is 206 Å². The third-order valence-electron chi connectivity index (χ3n) is 6.71. The zero-order valence-corrected chi connectivity index (χ0v) is 20.4. The van der Waals surface area contributed by atoms with E-state index < -0.39 is 47.4 Å². The third kappa shape index (κ3) is 7.98. The van der Waals surface area contributed by atoms with Crippen molar-refractivity contribution in [1.29, 1.82) is 0 Å². The number of esters is 1. The summed E-state index contributed by atoms with van der Waals surface area (Å²) in [7, 11) is 0. The van der Waals surface area contributed by atoms with Crippen LogP contribution in [0.25, 0.3) is 0 Å². The van der Waals surface area contributed by atoms with Crippen LogP contribution < -0.4 is 4.74 Å². The summed E-state index contributed by atoms with van der Waals surface area (Å²) in [5, 5.41) is 10.5. The Morgan fingerprint density at radius 1 is 1.26 bits per heavy atom. The van der Waals surface area contributed by atoms with E-state index in [2.05, 4.69) is 0 Å². The van der Waals surface area contributed by atoms with E-state index in [1.807, 2.05) is 0 Å². The molecule has 0 spiro atoms. The van der Waals surface area contributed by atoms with Gasteiger partial charge in [0.2, 0.25) is 5.75 Å². The molecule has 0 saturated heterocycles. The van der Waals surface area contributed by atoms with Gasteiger partial charge in [0.05, 0.1) is 18.3 Å². The van der Waals surface area contributed by atoms with Crippen LogP contribution >= 0.6 is 0 Å². The number of alkyl halides is 3. The van der Waals surface area contributed by atoms with Crippen molar-refractivity contribution in [3.63, 3.8) is 0 Å². The number of carbonyl (C=O) groups is 2. The summed E-state index contributed by atoms with van der Waals surface area (Å²) >= 11 is -1.26. The van der Waals surface area contributed by atoms with Crippen LogP contribution in [-0.2, 0) is 31.7 Å². The summed E-state index contributed by atoms with van der Waals surface area (Å²) in [6, 6.07) is 4.35. The van der Waals surface area contributed by atoms with Gasteiger partial charge in [-0.05, 0) is 85.8 Å². The molecule has 0 aliphatic heterocycles. The monoisotopic (exact) mass is 516 g/mol. The first kappa shape index (κ1) is 27.5. The molecule has 0 aromatic heterocycles. The van der Waals surface area contributed by atoms with Crippen molar-refractivity contribution >= 4 is 22.9 Å². The van der Waals surface area contributed by atoms with Gasteiger partial charge in [0.25, 0.3) is 0 Å². The summed E-state index contributed by atoms with van der Waals surface area (Å²) in [4.78, 5) is 23.7. The molecule has 1 aromatic rings. The topological polar surface area (TPSA) is 95.9 Å². The van der Waals surface area contributed by atoms with E-state index in [0.29, 0.717) is 24.0 Å². The summed E-state index contributed by atoms with van der Waals surface area (Å²) in [6.45, 7) is 1.57. The Morgan fingerprint density at radius 3 is 2.74 bits per heavy atom. The Bertz CT molecular complexity index is 905. The fourth-order valence-corrected chi connectivity index (χ4v) is 6.25. The molecule has 2 fully saturated rings. The zero-order valence-electron chi connectivity index (χ0n) is 19.5. The van der Waals surface area contributed by atoms with Crippen molar-refractivity contribution in [1.82, 2.24) is 0 Å². The largest absolute Gasteiger partial charge is 0.616 e. The van der Waals surface area contributed by atoms with Crippen molar-refractivity contribution in [3.05, 3.63) is 42.0 Å². The first-order chi connectivity index (χ1) is 16.6. The number of fused-ring (bicyclic) bond motifs is 1. The summed E-state index contributed by atoms with van der Waals surface area (Å²) in [6.07, 6.45) is 1.11. The first-order valence-corrected chi connectivity index (χ1v) is 13.2. The highest BCUT2D eigenvalue weighted by molar-refractivity contribution is 7.92. The lowest BCUT2D eigenvalue weighted by Gasteiger charge is -2.19.